The Labute approximate surface area is 126 Å². The molecule has 0 aliphatic heterocycles. The average molecular weight is 317 g/mol. The predicted molar refractivity (Wildman–Crippen MR) is 78.1 cm³/mol. The zero-order valence-electron chi connectivity index (χ0n) is 10.9. The first-order chi connectivity index (χ1) is 9.49. The van der Waals surface area contributed by atoms with Crippen LogP contribution >= 0.6 is 22.9 Å². The lowest BCUT2D eigenvalue weighted by atomic mass is 9.66. The Morgan fingerprint density at radius 3 is 2.60 bits per heavy atom. The minimum absolute atomic E-state index is 0.119. The van der Waals surface area contributed by atoms with Crippen molar-refractivity contribution in [1.29, 1.82) is 0 Å². The van der Waals surface area contributed by atoms with E-state index in [2.05, 4.69) is 10.6 Å². The van der Waals surface area contributed by atoms with Gasteiger partial charge in [0.05, 0.1) is 17.3 Å². The molecule has 2 amide bonds. The smallest absolute Gasteiger partial charge is 0.315 e. The van der Waals surface area contributed by atoms with Crippen LogP contribution in [0.3, 0.4) is 0 Å². The molecule has 20 heavy (non-hydrogen) atoms. The highest BCUT2D eigenvalue weighted by molar-refractivity contribution is 7.16. The first-order valence-corrected chi connectivity index (χ1v) is 7.66. The van der Waals surface area contributed by atoms with Gasteiger partial charge in [-0.2, -0.15) is 0 Å². The Hall–Kier alpha value is -1.27. The first kappa shape index (κ1) is 15.1. The third-order valence-corrected chi connectivity index (χ3v) is 4.85. The second-order valence-corrected chi connectivity index (χ2v) is 6.97. The molecule has 2 rings (SSSR count). The molecule has 0 unspecified atom stereocenters. The SMILES string of the molecule is O=C(O)CC1(CNC(=O)NCc2ccc(Cl)s2)CCC1. The number of halogens is 1. The Morgan fingerprint density at radius 1 is 1.35 bits per heavy atom. The minimum Gasteiger partial charge on any atom is -0.481 e. The summed E-state index contributed by atoms with van der Waals surface area (Å²) in [7, 11) is 0. The predicted octanol–water partition coefficient (Wildman–Crippen LogP) is 2.85. The van der Waals surface area contributed by atoms with Gasteiger partial charge in [-0.15, -0.1) is 11.3 Å². The largest absolute Gasteiger partial charge is 0.481 e. The minimum atomic E-state index is -0.805. The maximum absolute atomic E-state index is 11.7. The molecular weight excluding hydrogens is 300 g/mol. The van der Waals surface area contributed by atoms with Crippen LogP contribution in [0.2, 0.25) is 4.34 Å². The number of urea groups is 1. The molecule has 1 saturated carbocycles. The van der Waals surface area contributed by atoms with E-state index in [4.69, 9.17) is 16.7 Å². The van der Waals surface area contributed by atoms with Crippen molar-refractivity contribution in [3.05, 3.63) is 21.3 Å². The van der Waals surface area contributed by atoms with E-state index in [1.165, 1.54) is 11.3 Å². The molecule has 7 heteroatoms. The van der Waals surface area contributed by atoms with Crippen molar-refractivity contribution in [2.75, 3.05) is 6.54 Å². The summed E-state index contributed by atoms with van der Waals surface area (Å²) >= 11 is 7.23. The van der Waals surface area contributed by atoms with E-state index in [1.807, 2.05) is 6.07 Å². The van der Waals surface area contributed by atoms with Gasteiger partial charge in [0.2, 0.25) is 0 Å². The zero-order valence-corrected chi connectivity index (χ0v) is 12.5. The van der Waals surface area contributed by atoms with Gasteiger partial charge in [-0.3, -0.25) is 4.79 Å². The number of carboxylic acid groups (broad SMARTS) is 1. The van der Waals surface area contributed by atoms with Gasteiger partial charge in [0, 0.05) is 11.4 Å². The summed E-state index contributed by atoms with van der Waals surface area (Å²) in [6.07, 6.45) is 2.87. The number of carbonyl (C=O) groups is 2. The van der Waals surface area contributed by atoms with Gasteiger partial charge in [-0.1, -0.05) is 18.0 Å². The van der Waals surface area contributed by atoms with Crippen molar-refractivity contribution in [1.82, 2.24) is 10.6 Å². The van der Waals surface area contributed by atoms with Gasteiger partial charge in [-0.25, -0.2) is 4.79 Å². The molecule has 1 heterocycles. The summed E-state index contributed by atoms with van der Waals surface area (Å²) in [5.41, 5.74) is -0.255. The maximum Gasteiger partial charge on any atom is 0.315 e. The summed E-state index contributed by atoms with van der Waals surface area (Å²) in [6.45, 7) is 0.839. The molecule has 110 valence electrons. The molecule has 1 aliphatic rings. The van der Waals surface area contributed by atoms with Crippen molar-refractivity contribution in [3.8, 4) is 0 Å². The third-order valence-electron chi connectivity index (χ3n) is 3.62. The average Bonchev–Trinajstić information content (AvgIpc) is 2.75. The second-order valence-electron chi connectivity index (χ2n) is 5.17. The van der Waals surface area contributed by atoms with E-state index in [1.54, 1.807) is 6.07 Å². The quantitative estimate of drug-likeness (QED) is 0.755. The van der Waals surface area contributed by atoms with Crippen LogP contribution in [0, 0.1) is 5.41 Å². The zero-order chi connectivity index (χ0) is 14.6. The van der Waals surface area contributed by atoms with Crippen molar-refractivity contribution >= 4 is 34.9 Å². The van der Waals surface area contributed by atoms with E-state index < -0.39 is 5.97 Å². The van der Waals surface area contributed by atoms with E-state index in [9.17, 15) is 9.59 Å². The molecule has 0 radical (unpaired) electrons. The monoisotopic (exact) mass is 316 g/mol. The first-order valence-electron chi connectivity index (χ1n) is 6.47. The molecule has 0 spiro atoms. The van der Waals surface area contributed by atoms with Crippen molar-refractivity contribution in [2.45, 2.75) is 32.2 Å². The van der Waals surface area contributed by atoms with Gasteiger partial charge in [0.15, 0.2) is 0 Å². The number of rotatable bonds is 6. The Bertz CT molecular complexity index is 500. The number of hydrogen-bond acceptors (Lipinski definition) is 3. The lowest BCUT2D eigenvalue weighted by Gasteiger charge is -2.40. The Morgan fingerprint density at radius 2 is 2.10 bits per heavy atom. The summed E-state index contributed by atoms with van der Waals surface area (Å²) in [5.74, 6) is -0.805. The molecule has 0 bridgehead atoms. The van der Waals surface area contributed by atoms with Crippen LogP contribution in [0.25, 0.3) is 0 Å². The molecule has 0 saturated heterocycles. The van der Waals surface area contributed by atoms with Crippen molar-refractivity contribution in [2.24, 2.45) is 5.41 Å². The number of amides is 2. The number of hydrogen-bond donors (Lipinski definition) is 3. The number of aliphatic carboxylic acids is 1. The third kappa shape index (κ3) is 4.11. The number of carbonyl (C=O) groups excluding carboxylic acids is 1. The Balaban J connectivity index is 1.73. The normalized spacial score (nSPS) is 16.2. The fourth-order valence-electron chi connectivity index (χ4n) is 2.36. The lowest BCUT2D eigenvalue weighted by Crippen LogP contribution is -2.46. The Kier molecular flexibility index (Phi) is 4.88. The molecule has 1 aliphatic carbocycles. The van der Waals surface area contributed by atoms with E-state index >= 15 is 0 Å². The molecule has 5 nitrogen and oxygen atoms in total. The molecule has 0 aromatic carbocycles. The second kappa shape index (κ2) is 6.45. The highest BCUT2D eigenvalue weighted by Gasteiger charge is 2.39. The van der Waals surface area contributed by atoms with Crippen LogP contribution in [0.15, 0.2) is 12.1 Å². The fourth-order valence-corrected chi connectivity index (χ4v) is 3.39. The number of nitrogens with one attached hydrogen (secondary N) is 2. The van der Waals surface area contributed by atoms with E-state index in [0.29, 0.717) is 17.4 Å². The molecule has 0 atom stereocenters. The molecular formula is C13H17ClN2O3S. The van der Waals surface area contributed by atoms with Gasteiger partial charge < -0.3 is 15.7 Å². The highest BCUT2D eigenvalue weighted by Crippen LogP contribution is 2.43. The van der Waals surface area contributed by atoms with E-state index in [0.717, 1.165) is 24.1 Å². The van der Waals surface area contributed by atoms with Crippen LogP contribution < -0.4 is 10.6 Å². The van der Waals surface area contributed by atoms with Crippen LogP contribution in [-0.4, -0.2) is 23.7 Å². The van der Waals surface area contributed by atoms with Gasteiger partial charge >= 0.3 is 12.0 Å². The number of carboxylic acids is 1. The van der Waals surface area contributed by atoms with E-state index in [-0.39, 0.29) is 17.9 Å². The van der Waals surface area contributed by atoms with Crippen molar-refractivity contribution in [3.63, 3.8) is 0 Å². The van der Waals surface area contributed by atoms with Crippen LogP contribution in [0.1, 0.15) is 30.6 Å². The molecule has 3 N–H and O–H groups in total. The van der Waals surface area contributed by atoms with Gasteiger partial charge in [0.1, 0.15) is 0 Å². The summed E-state index contributed by atoms with van der Waals surface area (Å²) in [4.78, 5) is 23.5. The van der Waals surface area contributed by atoms with Crippen LogP contribution in [0.5, 0.6) is 0 Å². The highest BCUT2D eigenvalue weighted by atomic mass is 35.5. The van der Waals surface area contributed by atoms with Gasteiger partial charge in [0.25, 0.3) is 0 Å². The molecule has 1 fully saturated rings. The van der Waals surface area contributed by atoms with Crippen LogP contribution in [0.4, 0.5) is 4.79 Å². The maximum atomic E-state index is 11.7. The fraction of sp³-hybridized carbons (Fsp3) is 0.538. The lowest BCUT2D eigenvalue weighted by molar-refractivity contribution is -0.141. The topological polar surface area (TPSA) is 78.4 Å². The summed E-state index contributed by atoms with van der Waals surface area (Å²) in [6, 6.07) is 3.38. The van der Waals surface area contributed by atoms with Gasteiger partial charge in [-0.05, 0) is 30.4 Å². The molecule has 1 aromatic rings. The summed E-state index contributed by atoms with van der Waals surface area (Å²) < 4.78 is 0.692. The van der Waals surface area contributed by atoms with Crippen molar-refractivity contribution < 1.29 is 14.7 Å². The standard InChI is InChI=1S/C13H17ClN2O3S/c14-10-3-2-9(20-10)7-15-12(19)16-8-13(4-1-5-13)6-11(17)18/h2-3H,1,4-8H2,(H,17,18)(H2,15,16,19). The number of thiophene rings is 1. The molecule has 1 aromatic heterocycles. The summed E-state index contributed by atoms with van der Waals surface area (Å²) in [5, 5.41) is 14.4. The van der Waals surface area contributed by atoms with Crippen LogP contribution in [-0.2, 0) is 11.3 Å².